The standard InChI is InChI=1S/C17H33NO4/c1-13(2)17(14(3)4)21-12-15(22-17)9-11-20-16(19)8-7-10-18(5)6/h13-15H,7-12H2,1-6H3. The maximum Gasteiger partial charge on any atom is 0.305 e. The van der Waals surface area contributed by atoms with Gasteiger partial charge in [-0.1, -0.05) is 27.7 Å². The van der Waals surface area contributed by atoms with Crippen molar-refractivity contribution in [1.82, 2.24) is 4.90 Å². The lowest BCUT2D eigenvalue weighted by molar-refractivity contribution is -0.226. The van der Waals surface area contributed by atoms with Crippen LogP contribution in [-0.2, 0) is 19.0 Å². The Bertz CT molecular complexity index is 334. The minimum atomic E-state index is -0.500. The highest BCUT2D eigenvalue weighted by Gasteiger charge is 2.46. The maximum absolute atomic E-state index is 11.6. The molecule has 0 amide bonds. The molecule has 5 nitrogen and oxygen atoms in total. The van der Waals surface area contributed by atoms with E-state index in [0.717, 1.165) is 13.0 Å². The molecule has 5 heteroatoms. The normalized spacial score (nSPS) is 21.0. The topological polar surface area (TPSA) is 48.0 Å². The van der Waals surface area contributed by atoms with Crippen LogP contribution < -0.4 is 0 Å². The number of carbonyl (C=O) groups is 1. The summed E-state index contributed by atoms with van der Waals surface area (Å²) in [5, 5.41) is 0. The third kappa shape index (κ3) is 5.52. The Hall–Kier alpha value is -0.650. The molecule has 1 fully saturated rings. The predicted octanol–water partition coefficient (Wildman–Crippen LogP) is 2.69. The lowest BCUT2D eigenvalue weighted by Crippen LogP contribution is -2.42. The number of hydrogen-bond donors (Lipinski definition) is 0. The summed E-state index contributed by atoms with van der Waals surface area (Å²) in [5.41, 5.74) is 0. The van der Waals surface area contributed by atoms with Gasteiger partial charge in [0, 0.05) is 24.7 Å². The second-order valence-electron chi connectivity index (χ2n) is 7.00. The summed E-state index contributed by atoms with van der Waals surface area (Å²) in [5.74, 6) is -0.0303. The Kier molecular flexibility index (Phi) is 7.80. The van der Waals surface area contributed by atoms with Gasteiger partial charge in [-0.15, -0.1) is 0 Å². The van der Waals surface area contributed by atoms with Gasteiger partial charge in [0.1, 0.15) is 0 Å². The summed E-state index contributed by atoms with van der Waals surface area (Å²) in [7, 11) is 4.00. The Morgan fingerprint density at radius 2 is 1.91 bits per heavy atom. The summed E-state index contributed by atoms with van der Waals surface area (Å²) in [6, 6.07) is 0. The fourth-order valence-electron chi connectivity index (χ4n) is 2.88. The highest BCUT2D eigenvalue weighted by molar-refractivity contribution is 5.69. The highest BCUT2D eigenvalue weighted by atomic mass is 16.7. The molecule has 1 heterocycles. The zero-order valence-corrected chi connectivity index (χ0v) is 15.1. The summed E-state index contributed by atoms with van der Waals surface area (Å²) in [6.45, 7) is 10.4. The molecule has 1 aliphatic rings. The molecule has 0 bridgehead atoms. The van der Waals surface area contributed by atoms with Crippen LogP contribution in [0.25, 0.3) is 0 Å². The number of rotatable bonds is 9. The average Bonchev–Trinajstić information content (AvgIpc) is 2.84. The van der Waals surface area contributed by atoms with Crippen molar-refractivity contribution in [3.63, 3.8) is 0 Å². The van der Waals surface area contributed by atoms with Gasteiger partial charge in [-0.2, -0.15) is 0 Å². The minimum Gasteiger partial charge on any atom is -0.466 e. The number of esters is 1. The lowest BCUT2D eigenvalue weighted by Gasteiger charge is -2.35. The van der Waals surface area contributed by atoms with Gasteiger partial charge in [0.05, 0.1) is 19.3 Å². The summed E-state index contributed by atoms with van der Waals surface area (Å²) in [6.07, 6.45) is 2.01. The number of ether oxygens (including phenoxy) is 3. The first kappa shape index (κ1) is 19.4. The van der Waals surface area contributed by atoms with Crippen molar-refractivity contribution in [1.29, 1.82) is 0 Å². The van der Waals surface area contributed by atoms with Crippen LogP contribution in [0.15, 0.2) is 0 Å². The van der Waals surface area contributed by atoms with Crippen molar-refractivity contribution in [3.8, 4) is 0 Å². The van der Waals surface area contributed by atoms with E-state index in [1.54, 1.807) is 0 Å². The average molecular weight is 315 g/mol. The summed E-state index contributed by atoms with van der Waals surface area (Å²) >= 11 is 0. The quantitative estimate of drug-likeness (QED) is 0.612. The molecule has 0 aromatic carbocycles. The minimum absolute atomic E-state index is 0.0133. The van der Waals surface area contributed by atoms with Gasteiger partial charge in [-0.25, -0.2) is 0 Å². The molecular weight excluding hydrogens is 282 g/mol. The highest BCUT2D eigenvalue weighted by Crippen LogP contribution is 2.38. The fourth-order valence-corrected chi connectivity index (χ4v) is 2.88. The fraction of sp³-hybridized carbons (Fsp3) is 0.941. The van der Waals surface area contributed by atoms with Gasteiger partial charge >= 0.3 is 5.97 Å². The molecule has 0 aliphatic carbocycles. The molecule has 130 valence electrons. The second-order valence-corrected chi connectivity index (χ2v) is 7.00. The molecule has 0 N–H and O–H groups in total. The van der Waals surface area contributed by atoms with Crippen molar-refractivity contribution < 1.29 is 19.0 Å². The Morgan fingerprint density at radius 3 is 2.41 bits per heavy atom. The van der Waals surface area contributed by atoms with Crippen LogP contribution in [-0.4, -0.2) is 56.6 Å². The van der Waals surface area contributed by atoms with E-state index < -0.39 is 5.79 Å². The third-order valence-corrected chi connectivity index (χ3v) is 4.14. The second kappa shape index (κ2) is 8.85. The molecule has 1 saturated heterocycles. The molecule has 0 spiro atoms. The largest absolute Gasteiger partial charge is 0.466 e. The van der Waals surface area contributed by atoms with Crippen molar-refractivity contribution in [2.45, 2.75) is 58.8 Å². The molecule has 0 radical (unpaired) electrons. The van der Waals surface area contributed by atoms with E-state index in [2.05, 4.69) is 32.6 Å². The molecule has 1 unspecified atom stereocenters. The van der Waals surface area contributed by atoms with Crippen LogP contribution >= 0.6 is 0 Å². The van der Waals surface area contributed by atoms with Crippen LogP contribution in [0.4, 0.5) is 0 Å². The van der Waals surface area contributed by atoms with Crippen molar-refractivity contribution in [2.75, 3.05) is 33.9 Å². The Morgan fingerprint density at radius 1 is 1.27 bits per heavy atom. The molecule has 1 aliphatic heterocycles. The van der Waals surface area contributed by atoms with Crippen molar-refractivity contribution in [3.05, 3.63) is 0 Å². The first-order chi connectivity index (χ1) is 10.3. The zero-order chi connectivity index (χ0) is 16.8. The molecule has 22 heavy (non-hydrogen) atoms. The van der Waals surface area contributed by atoms with Crippen molar-refractivity contribution in [2.24, 2.45) is 11.8 Å². The van der Waals surface area contributed by atoms with Gasteiger partial charge in [-0.05, 0) is 27.1 Å². The Labute approximate surface area is 135 Å². The van der Waals surface area contributed by atoms with Crippen molar-refractivity contribution >= 4 is 5.97 Å². The van der Waals surface area contributed by atoms with Crippen LogP contribution in [0, 0.1) is 11.8 Å². The summed E-state index contributed by atoms with van der Waals surface area (Å²) in [4.78, 5) is 13.7. The predicted molar refractivity (Wildman–Crippen MR) is 86.6 cm³/mol. The number of carbonyl (C=O) groups excluding carboxylic acids is 1. The number of hydrogen-bond acceptors (Lipinski definition) is 5. The monoisotopic (exact) mass is 315 g/mol. The van der Waals surface area contributed by atoms with E-state index in [1.807, 2.05) is 14.1 Å². The van der Waals surface area contributed by atoms with E-state index in [-0.39, 0.29) is 12.1 Å². The van der Waals surface area contributed by atoms with E-state index in [9.17, 15) is 4.79 Å². The van der Waals surface area contributed by atoms with Crippen LogP contribution in [0.5, 0.6) is 0 Å². The van der Waals surface area contributed by atoms with Gasteiger partial charge in [0.25, 0.3) is 0 Å². The van der Waals surface area contributed by atoms with Crippen LogP contribution in [0.1, 0.15) is 47.0 Å². The molecular formula is C17H33NO4. The van der Waals surface area contributed by atoms with Gasteiger partial charge in [0.15, 0.2) is 5.79 Å². The van der Waals surface area contributed by atoms with E-state index in [4.69, 9.17) is 14.2 Å². The van der Waals surface area contributed by atoms with E-state index >= 15 is 0 Å². The number of nitrogens with zero attached hydrogens (tertiary/aromatic N) is 1. The van der Waals surface area contributed by atoms with Crippen LogP contribution in [0.2, 0.25) is 0 Å². The smallest absolute Gasteiger partial charge is 0.305 e. The van der Waals surface area contributed by atoms with Gasteiger partial charge < -0.3 is 19.1 Å². The van der Waals surface area contributed by atoms with E-state index in [1.165, 1.54) is 0 Å². The SMILES string of the molecule is CC(C)C1(C(C)C)OCC(CCOC(=O)CCCN(C)C)O1. The van der Waals surface area contributed by atoms with Gasteiger partial charge in [-0.3, -0.25) is 4.79 Å². The zero-order valence-electron chi connectivity index (χ0n) is 15.1. The first-order valence-corrected chi connectivity index (χ1v) is 8.40. The van der Waals surface area contributed by atoms with Gasteiger partial charge in [0.2, 0.25) is 0 Å². The molecule has 0 aromatic rings. The Balaban J connectivity index is 2.25. The lowest BCUT2D eigenvalue weighted by atomic mass is 9.91. The molecule has 1 rings (SSSR count). The maximum atomic E-state index is 11.6. The summed E-state index contributed by atoms with van der Waals surface area (Å²) < 4.78 is 17.4. The molecule has 0 saturated carbocycles. The van der Waals surface area contributed by atoms with E-state index in [0.29, 0.717) is 37.9 Å². The third-order valence-electron chi connectivity index (χ3n) is 4.14. The molecule has 1 atom stereocenters. The first-order valence-electron chi connectivity index (χ1n) is 8.40. The van der Waals surface area contributed by atoms with Crippen LogP contribution in [0.3, 0.4) is 0 Å². The molecule has 0 aromatic heterocycles.